The first-order valence-electron chi connectivity index (χ1n) is 6.09. The van der Waals surface area contributed by atoms with E-state index in [0.29, 0.717) is 0 Å². The van der Waals surface area contributed by atoms with E-state index in [9.17, 15) is 0 Å². The summed E-state index contributed by atoms with van der Waals surface area (Å²) in [5.41, 5.74) is 2.01. The molecular formula is C13H11ClN4S3. The van der Waals surface area contributed by atoms with E-state index in [0.717, 1.165) is 36.5 Å². The maximum Gasteiger partial charge on any atom is 0.206 e. The summed E-state index contributed by atoms with van der Waals surface area (Å²) in [6, 6.07) is 7.74. The van der Waals surface area contributed by atoms with Crippen molar-refractivity contribution in [2.75, 3.05) is 12.4 Å². The second-order valence-electron chi connectivity index (χ2n) is 4.05. The van der Waals surface area contributed by atoms with Gasteiger partial charge < -0.3 is 5.32 Å². The second-order valence-corrected chi connectivity index (χ2v) is 7.63. The van der Waals surface area contributed by atoms with Crippen LogP contribution in [0.1, 0.15) is 5.01 Å². The van der Waals surface area contributed by atoms with Crippen molar-refractivity contribution in [3.8, 4) is 11.3 Å². The molecule has 0 aliphatic heterocycles. The maximum atomic E-state index is 6.01. The third-order valence-electron chi connectivity index (χ3n) is 2.61. The fraction of sp³-hybridized carbons (Fsp3) is 0.154. The molecule has 1 N–H and O–H groups in total. The Morgan fingerprint density at radius 3 is 3.00 bits per heavy atom. The molecule has 21 heavy (non-hydrogen) atoms. The minimum absolute atomic E-state index is 0.727. The van der Waals surface area contributed by atoms with Gasteiger partial charge in [-0.1, -0.05) is 46.8 Å². The van der Waals surface area contributed by atoms with Crippen LogP contribution in [-0.2, 0) is 5.75 Å². The molecule has 0 fully saturated rings. The highest BCUT2D eigenvalue weighted by molar-refractivity contribution is 8.00. The Hall–Kier alpha value is -1.15. The lowest BCUT2D eigenvalue weighted by Gasteiger charge is -1.96. The summed E-state index contributed by atoms with van der Waals surface area (Å²) >= 11 is 10.9. The molecule has 0 spiro atoms. The van der Waals surface area contributed by atoms with Crippen LogP contribution in [0.15, 0.2) is 34.0 Å². The van der Waals surface area contributed by atoms with Gasteiger partial charge in [0, 0.05) is 23.0 Å². The molecule has 0 saturated heterocycles. The Balaban J connectivity index is 1.67. The highest BCUT2D eigenvalue weighted by atomic mass is 35.5. The summed E-state index contributed by atoms with van der Waals surface area (Å²) in [6.45, 7) is 0. The molecule has 4 nitrogen and oxygen atoms in total. The third kappa shape index (κ3) is 3.74. The number of hydrogen-bond acceptors (Lipinski definition) is 7. The molecule has 1 aromatic carbocycles. The summed E-state index contributed by atoms with van der Waals surface area (Å²) in [4.78, 5) is 4.64. The van der Waals surface area contributed by atoms with E-state index in [2.05, 4.69) is 25.9 Å². The Morgan fingerprint density at radius 2 is 2.24 bits per heavy atom. The topological polar surface area (TPSA) is 50.7 Å². The van der Waals surface area contributed by atoms with Gasteiger partial charge in [0.1, 0.15) is 5.01 Å². The first kappa shape index (κ1) is 14.8. The molecule has 8 heteroatoms. The number of halogens is 1. The van der Waals surface area contributed by atoms with Crippen molar-refractivity contribution in [3.05, 3.63) is 39.7 Å². The highest BCUT2D eigenvalue weighted by Gasteiger charge is 2.08. The summed E-state index contributed by atoms with van der Waals surface area (Å²) in [6.07, 6.45) is 0. The van der Waals surface area contributed by atoms with Gasteiger partial charge in [-0.25, -0.2) is 4.98 Å². The number of hydrogen-bond donors (Lipinski definition) is 1. The predicted molar refractivity (Wildman–Crippen MR) is 91.6 cm³/mol. The predicted octanol–water partition coefficient (Wildman–Crippen LogP) is 4.65. The van der Waals surface area contributed by atoms with Gasteiger partial charge in [0.05, 0.1) is 11.4 Å². The lowest BCUT2D eigenvalue weighted by atomic mass is 10.2. The first-order valence-corrected chi connectivity index (χ1v) is 9.15. The zero-order chi connectivity index (χ0) is 14.7. The van der Waals surface area contributed by atoms with Crippen molar-refractivity contribution in [1.29, 1.82) is 0 Å². The summed E-state index contributed by atoms with van der Waals surface area (Å²) in [5, 5.41) is 15.8. The Kier molecular flexibility index (Phi) is 4.74. The van der Waals surface area contributed by atoms with Gasteiger partial charge in [-0.15, -0.1) is 21.5 Å². The number of rotatable bonds is 5. The average molecular weight is 355 g/mol. The van der Waals surface area contributed by atoms with E-state index in [1.54, 1.807) is 34.4 Å². The summed E-state index contributed by atoms with van der Waals surface area (Å²) in [5.74, 6) is 0.795. The van der Waals surface area contributed by atoms with Crippen LogP contribution in [0.3, 0.4) is 0 Å². The lowest BCUT2D eigenvalue weighted by Crippen LogP contribution is -1.84. The van der Waals surface area contributed by atoms with Crippen LogP contribution in [-0.4, -0.2) is 22.2 Å². The molecule has 0 bridgehead atoms. The second kappa shape index (κ2) is 6.74. The molecule has 108 valence electrons. The third-order valence-corrected chi connectivity index (χ3v) is 5.96. The molecule has 0 aliphatic rings. The quantitative estimate of drug-likeness (QED) is 0.676. The number of benzene rings is 1. The van der Waals surface area contributed by atoms with Gasteiger partial charge in [0.2, 0.25) is 5.13 Å². The van der Waals surface area contributed by atoms with Crippen LogP contribution < -0.4 is 5.32 Å². The Labute approximate surface area is 139 Å². The zero-order valence-electron chi connectivity index (χ0n) is 11.0. The van der Waals surface area contributed by atoms with Gasteiger partial charge in [-0.3, -0.25) is 0 Å². The SMILES string of the molecule is CNc1nnc(SCc2nc(-c3cccc(Cl)c3)cs2)s1. The van der Waals surface area contributed by atoms with Crippen LogP contribution >= 0.6 is 46.0 Å². The molecular weight excluding hydrogens is 344 g/mol. The molecule has 3 aromatic rings. The Morgan fingerprint density at radius 1 is 1.33 bits per heavy atom. The summed E-state index contributed by atoms with van der Waals surface area (Å²) in [7, 11) is 1.84. The van der Waals surface area contributed by atoms with E-state index < -0.39 is 0 Å². The van der Waals surface area contributed by atoms with Crippen molar-refractivity contribution in [3.63, 3.8) is 0 Å². The molecule has 0 aliphatic carbocycles. The number of thiazole rings is 1. The normalized spacial score (nSPS) is 10.8. The minimum Gasteiger partial charge on any atom is -0.363 e. The maximum absolute atomic E-state index is 6.01. The number of thioether (sulfide) groups is 1. The fourth-order valence-electron chi connectivity index (χ4n) is 1.65. The lowest BCUT2D eigenvalue weighted by molar-refractivity contribution is 1.01. The van der Waals surface area contributed by atoms with Crippen molar-refractivity contribution in [2.24, 2.45) is 0 Å². The zero-order valence-corrected chi connectivity index (χ0v) is 14.2. The number of aromatic nitrogens is 3. The molecule has 0 saturated carbocycles. The van der Waals surface area contributed by atoms with Gasteiger partial charge in [-0.2, -0.15) is 0 Å². The Bertz CT molecular complexity index is 740. The van der Waals surface area contributed by atoms with Crippen molar-refractivity contribution in [1.82, 2.24) is 15.2 Å². The van der Waals surface area contributed by atoms with Crippen molar-refractivity contribution < 1.29 is 0 Å². The molecule has 2 heterocycles. The van der Waals surface area contributed by atoms with E-state index >= 15 is 0 Å². The van der Waals surface area contributed by atoms with Crippen molar-refractivity contribution in [2.45, 2.75) is 10.1 Å². The van der Waals surface area contributed by atoms with Crippen LogP contribution in [0.5, 0.6) is 0 Å². The monoisotopic (exact) mass is 354 g/mol. The van der Waals surface area contributed by atoms with Crippen LogP contribution in [0.2, 0.25) is 5.02 Å². The van der Waals surface area contributed by atoms with Crippen LogP contribution in [0.4, 0.5) is 5.13 Å². The minimum atomic E-state index is 0.727. The number of anilines is 1. The molecule has 3 rings (SSSR count). The molecule has 0 amide bonds. The molecule has 2 aromatic heterocycles. The van der Waals surface area contributed by atoms with E-state index in [1.165, 1.54) is 0 Å². The standard InChI is InChI=1S/C13H11ClN4S3/c1-15-12-17-18-13(21-12)20-7-11-16-10(6-19-11)8-3-2-4-9(14)5-8/h2-6H,7H2,1H3,(H,15,17). The first-order chi connectivity index (χ1) is 10.2. The number of nitrogens with zero attached hydrogens (tertiary/aromatic N) is 3. The van der Waals surface area contributed by atoms with Gasteiger partial charge in [-0.05, 0) is 12.1 Å². The smallest absolute Gasteiger partial charge is 0.206 e. The molecule has 0 radical (unpaired) electrons. The highest BCUT2D eigenvalue weighted by Crippen LogP contribution is 2.31. The van der Waals surface area contributed by atoms with Gasteiger partial charge in [0.15, 0.2) is 4.34 Å². The van der Waals surface area contributed by atoms with Crippen molar-refractivity contribution >= 4 is 51.2 Å². The molecule has 0 atom stereocenters. The van der Waals surface area contributed by atoms with E-state index in [4.69, 9.17) is 11.6 Å². The van der Waals surface area contributed by atoms with Gasteiger partial charge in [0.25, 0.3) is 0 Å². The van der Waals surface area contributed by atoms with Crippen LogP contribution in [0.25, 0.3) is 11.3 Å². The average Bonchev–Trinajstić information content (AvgIpc) is 3.14. The summed E-state index contributed by atoms with van der Waals surface area (Å²) < 4.78 is 0.943. The van der Waals surface area contributed by atoms with E-state index in [1.807, 2.05) is 31.3 Å². The van der Waals surface area contributed by atoms with E-state index in [-0.39, 0.29) is 0 Å². The largest absolute Gasteiger partial charge is 0.363 e. The number of nitrogens with one attached hydrogen (secondary N) is 1. The fourth-order valence-corrected chi connectivity index (χ4v) is 4.37. The van der Waals surface area contributed by atoms with Gasteiger partial charge >= 0.3 is 0 Å². The molecule has 0 unspecified atom stereocenters. The van der Waals surface area contributed by atoms with Crippen LogP contribution in [0, 0.1) is 0 Å².